The molecule has 1 saturated heterocycles. The third-order valence-electron chi connectivity index (χ3n) is 8.87. The lowest BCUT2D eigenvalue weighted by atomic mass is 9.59. The highest BCUT2D eigenvalue weighted by molar-refractivity contribution is 6.33. The van der Waals surface area contributed by atoms with Crippen LogP contribution in [-0.4, -0.2) is 52.6 Å². The molecule has 0 unspecified atom stereocenters. The molecule has 1 aromatic carbocycles. The smallest absolute Gasteiger partial charge is 0.433 e. The number of imide groups is 1. The molecule has 234 valence electrons. The number of ether oxygens (including phenoxy) is 1. The summed E-state index contributed by atoms with van der Waals surface area (Å²) in [5.41, 5.74) is 0.426. The van der Waals surface area contributed by atoms with Gasteiger partial charge in [-0.05, 0) is 61.6 Å². The van der Waals surface area contributed by atoms with Gasteiger partial charge >= 0.3 is 6.18 Å². The quantitative estimate of drug-likeness (QED) is 0.256. The SMILES string of the molecule is COc1cc([C@H]2C3=CC[C@@H]4C(=O)N(N(C)c5nc(C(F)(F)F)ccc5Cl)C(=O)[C@@H]4[C@@H]3CC3=C2C(=O)C(C)=CC3=O)cc(Cl)c1O. The molecular formula is C31H24Cl2F3N3O6. The van der Waals surface area contributed by atoms with Gasteiger partial charge in [-0.3, -0.25) is 24.2 Å². The van der Waals surface area contributed by atoms with E-state index in [1.165, 1.54) is 39.3 Å². The van der Waals surface area contributed by atoms with Gasteiger partial charge in [0.15, 0.2) is 28.9 Å². The molecule has 3 aliphatic carbocycles. The van der Waals surface area contributed by atoms with E-state index in [1.54, 1.807) is 6.08 Å². The Bertz CT molecular complexity index is 1820. The van der Waals surface area contributed by atoms with Crippen molar-refractivity contribution >= 4 is 52.4 Å². The molecule has 0 bridgehead atoms. The van der Waals surface area contributed by atoms with Crippen molar-refractivity contribution in [2.45, 2.75) is 31.9 Å². The van der Waals surface area contributed by atoms with Crippen LogP contribution < -0.4 is 9.75 Å². The predicted octanol–water partition coefficient (Wildman–Crippen LogP) is 5.60. The van der Waals surface area contributed by atoms with E-state index in [0.717, 1.165) is 16.1 Å². The Morgan fingerprint density at radius 2 is 1.78 bits per heavy atom. The van der Waals surface area contributed by atoms with Crippen LogP contribution in [0.3, 0.4) is 0 Å². The van der Waals surface area contributed by atoms with Crippen molar-refractivity contribution in [2.75, 3.05) is 19.2 Å². The number of ketones is 2. The molecule has 0 spiro atoms. The fraction of sp³-hybridized carbons (Fsp3) is 0.323. The van der Waals surface area contributed by atoms with Gasteiger partial charge in [-0.15, -0.1) is 0 Å². The second-order valence-electron chi connectivity index (χ2n) is 11.3. The molecule has 2 amide bonds. The number of nitrogens with zero attached hydrogens (tertiary/aromatic N) is 3. The number of methoxy groups -OCH3 is 1. The van der Waals surface area contributed by atoms with Gasteiger partial charge in [0.1, 0.15) is 5.69 Å². The Morgan fingerprint density at radius 3 is 2.44 bits per heavy atom. The number of amides is 2. The maximum atomic E-state index is 14.1. The van der Waals surface area contributed by atoms with Crippen molar-refractivity contribution in [3.8, 4) is 11.5 Å². The predicted molar refractivity (Wildman–Crippen MR) is 155 cm³/mol. The van der Waals surface area contributed by atoms with Crippen molar-refractivity contribution < 1.29 is 42.2 Å². The molecule has 0 radical (unpaired) electrons. The number of benzene rings is 1. The molecule has 4 aliphatic rings. The first-order valence-corrected chi connectivity index (χ1v) is 14.5. The first-order valence-electron chi connectivity index (χ1n) is 13.8. The van der Waals surface area contributed by atoms with Crippen LogP contribution in [0, 0.1) is 17.8 Å². The van der Waals surface area contributed by atoms with E-state index < -0.39 is 59.0 Å². The number of phenolic OH excluding ortho intramolecular Hbond substituents is 1. The fourth-order valence-corrected chi connectivity index (χ4v) is 7.29. The van der Waals surface area contributed by atoms with Gasteiger partial charge in [-0.1, -0.05) is 34.9 Å². The maximum Gasteiger partial charge on any atom is 0.433 e. The van der Waals surface area contributed by atoms with E-state index in [4.69, 9.17) is 27.9 Å². The van der Waals surface area contributed by atoms with Gasteiger partial charge in [-0.2, -0.15) is 18.2 Å². The number of phenols is 1. The van der Waals surface area contributed by atoms with Gasteiger partial charge in [0.25, 0.3) is 11.8 Å². The van der Waals surface area contributed by atoms with Crippen molar-refractivity contribution in [1.82, 2.24) is 9.99 Å². The summed E-state index contributed by atoms with van der Waals surface area (Å²) >= 11 is 12.5. The summed E-state index contributed by atoms with van der Waals surface area (Å²) in [4.78, 5) is 58.3. The summed E-state index contributed by atoms with van der Waals surface area (Å²) in [7, 11) is 2.55. The number of rotatable bonds is 4. The zero-order valence-corrected chi connectivity index (χ0v) is 25.4. The molecule has 0 saturated carbocycles. The number of hydrogen-bond donors (Lipinski definition) is 1. The summed E-state index contributed by atoms with van der Waals surface area (Å²) < 4.78 is 45.6. The summed E-state index contributed by atoms with van der Waals surface area (Å²) in [6.07, 6.45) is -1.74. The summed E-state index contributed by atoms with van der Waals surface area (Å²) in [6, 6.07) is 4.64. The van der Waals surface area contributed by atoms with Crippen molar-refractivity contribution in [1.29, 1.82) is 0 Å². The number of hydrazine groups is 1. The third kappa shape index (κ3) is 4.73. The number of carbonyl (C=O) groups excluding carboxylic acids is 4. The van der Waals surface area contributed by atoms with Crippen LogP contribution in [0.15, 0.2) is 58.7 Å². The summed E-state index contributed by atoms with van der Waals surface area (Å²) in [5.74, 6) is -6.35. The van der Waals surface area contributed by atoms with E-state index in [2.05, 4.69) is 4.98 Å². The van der Waals surface area contributed by atoms with E-state index in [1.807, 2.05) is 0 Å². The Labute approximate surface area is 264 Å². The number of halogens is 5. The van der Waals surface area contributed by atoms with Gasteiger partial charge in [0.2, 0.25) is 0 Å². The van der Waals surface area contributed by atoms with Crippen molar-refractivity contribution in [2.24, 2.45) is 17.8 Å². The second kappa shape index (κ2) is 10.7. The highest BCUT2D eigenvalue weighted by atomic mass is 35.5. The summed E-state index contributed by atoms with van der Waals surface area (Å²) in [5, 5.41) is 11.8. The maximum absolute atomic E-state index is 14.1. The minimum Gasteiger partial charge on any atom is -0.503 e. The first kappa shape index (κ1) is 30.8. The van der Waals surface area contributed by atoms with Crippen molar-refractivity contribution in [3.05, 3.63) is 80.0 Å². The number of carbonyl (C=O) groups is 4. The van der Waals surface area contributed by atoms with Gasteiger partial charge in [-0.25, -0.2) is 4.98 Å². The lowest BCUT2D eigenvalue weighted by Gasteiger charge is -2.42. The largest absolute Gasteiger partial charge is 0.503 e. The molecule has 6 rings (SSSR count). The van der Waals surface area contributed by atoms with E-state index in [-0.39, 0.29) is 56.9 Å². The Hall–Kier alpha value is -4.16. The molecule has 1 aliphatic heterocycles. The van der Waals surface area contributed by atoms with Crippen molar-refractivity contribution in [3.63, 3.8) is 0 Å². The molecule has 4 atom stereocenters. The summed E-state index contributed by atoms with van der Waals surface area (Å²) in [6.45, 7) is 1.53. The number of allylic oxidation sites excluding steroid dienone is 6. The number of fused-ring (bicyclic) bond motifs is 3. The molecule has 45 heavy (non-hydrogen) atoms. The monoisotopic (exact) mass is 661 g/mol. The number of aromatic nitrogens is 1. The Balaban J connectivity index is 1.45. The molecule has 14 heteroatoms. The zero-order valence-electron chi connectivity index (χ0n) is 23.9. The topological polar surface area (TPSA) is 117 Å². The highest BCUT2D eigenvalue weighted by Crippen LogP contribution is 2.56. The molecule has 1 N–H and O–H groups in total. The number of pyridine rings is 1. The fourth-order valence-electron chi connectivity index (χ4n) is 6.85. The zero-order chi connectivity index (χ0) is 32.7. The Morgan fingerprint density at radius 1 is 1.07 bits per heavy atom. The van der Waals surface area contributed by atoms with Gasteiger partial charge in [0, 0.05) is 29.7 Å². The normalized spacial score (nSPS) is 24.7. The van der Waals surface area contributed by atoms with Crippen LogP contribution in [0.4, 0.5) is 19.0 Å². The number of aromatic hydroxyl groups is 1. The van der Waals surface area contributed by atoms with Gasteiger partial charge < -0.3 is 9.84 Å². The van der Waals surface area contributed by atoms with Gasteiger partial charge in [0.05, 0.1) is 29.0 Å². The number of anilines is 1. The number of alkyl halides is 3. The lowest BCUT2D eigenvalue weighted by molar-refractivity contribution is -0.141. The number of hydrogen-bond acceptors (Lipinski definition) is 8. The molecule has 2 heterocycles. The standard InChI is InChI=1S/C31H24Cl2F3N3O6/c1-12-8-20(40)17-11-16-14(23(25(17)26(12)41)13-9-19(33)27(42)21(10-13)45-3)4-5-15-24(16)30(44)39(29(15)43)38(2)28-18(32)6-7-22(37-28)31(34,35)36/h4,6-10,15-16,23-24,42H,5,11H2,1-3H3/t15-,16+,23-,24-/m0/s1. The van der Waals surface area contributed by atoms with E-state index in [9.17, 15) is 37.5 Å². The number of Topliss-reactive ketones (excluding diaryl/α,β-unsaturated/α-hetero) is 1. The minimum atomic E-state index is -4.80. The van der Waals surface area contributed by atoms with E-state index >= 15 is 0 Å². The second-order valence-corrected chi connectivity index (χ2v) is 12.1. The van der Waals surface area contributed by atoms with Crippen LogP contribution in [0.2, 0.25) is 10.0 Å². The first-order chi connectivity index (χ1) is 21.1. The van der Waals surface area contributed by atoms with Crippen LogP contribution in [0.5, 0.6) is 11.5 Å². The molecule has 1 fully saturated rings. The molecule has 9 nitrogen and oxygen atoms in total. The minimum absolute atomic E-state index is 0.0186. The van der Waals surface area contributed by atoms with Crippen LogP contribution in [0.25, 0.3) is 0 Å². The molecule has 2 aromatic rings. The average Bonchev–Trinajstić information content (AvgIpc) is 3.24. The average molecular weight is 662 g/mol. The Kier molecular flexibility index (Phi) is 7.36. The van der Waals surface area contributed by atoms with Crippen LogP contribution >= 0.6 is 23.2 Å². The van der Waals surface area contributed by atoms with E-state index in [0.29, 0.717) is 17.2 Å². The van der Waals surface area contributed by atoms with Crippen LogP contribution in [-0.2, 0) is 25.4 Å². The van der Waals surface area contributed by atoms with Crippen LogP contribution in [0.1, 0.15) is 36.9 Å². The highest BCUT2D eigenvalue weighted by Gasteiger charge is 2.57. The lowest BCUT2D eigenvalue weighted by Crippen LogP contribution is -2.46. The molecule has 1 aromatic heterocycles. The molecular weight excluding hydrogens is 638 g/mol. The third-order valence-corrected chi connectivity index (χ3v) is 9.45.